The highest BCUT2D eigenvalue weighted by Crippen LogP contribution is 2.31. The zero-order chi connectivity index (χ0) is 13.4. The van der Waals surface area contributed by atoms with E-state index in [-0.39, 0.29) is 0 Å². The third-order valence-corrected chi connectivity index (χ3v) is 3.93. The number of hydrogen-bond donors (Lipinski definition) is 0. The number of fused-ring (bicyclic) bond motifs is 5. The molecular formula is C15H16BNO3. The molecule has 0 radical (unpaired) electrons. The quantitative estimate of drug-likeness (QED) is 0.685. The highest BCUT2D eigenvalue weighted by molar-refractivity contribution is 6.37. The maximum absolute atomic E-state index is 5.92. The Morgan fingerprint density at radius 1 is 0.950 bits per heavy atom. The van der Waals surface area contributed by atoms with Gasteiger partial charge in [-0.2, -0.15) is 0 Å². The van der Waals surface area contributed by atoms with Crippen LogP contribution in [-0.2, 0) is 15.9 Å². The Bertz CT molecular complexity index is 624. The summed E-state index contributed by atoms with van der Waals surface area (Å²) < 4.78 is 17.2. The zero-order valence-corrected chi connectivity index (χ0v) is 11.2. The molecule has 0 atom stereocenters. The Morgan fingerprint density at radius 2 is 1.75 bits per heavy atom. The lowest BCUT2D eigenvalue weighted by Gasteiger charge is -2.23. The van der Waals surface area contributed by atoms with Crippen molar-refractivity contribution in [2.24, 2.45) is 0 Å². The molecule has 102 valence electrons. The van der Waals surface area contributed by atoms with Crippen molar-refractivity contribution in [1.29, 1.82) is 0 Å². The van der Waals surface area contributed by atoms with Gasteiger partial charge in [-0.3, -0.25) is 4.90 Å². The molecule has 2 aromatic rings. The summed E-state index contributed by atoms with van der Waals surface area (Å²) in [6, 6.07) is 12.5. The van der Waals surface area contributed by atoms with E-state index in [1.165, 1.54) is 16.3 Å². The van der Waals surface area contributed by atoms with Crippen LogP contribution >= 0.6 is 0 Å². The highest BCUT2D eigenvalue weighted by atomic mass is 16.7. The molecule has 2 bridgehead atoms. The first-order chi connectivity index (χ1) is 9.90. The number of hydrogen-bond acceptors (Lipinski definition) is 4. The van der Waals surface area contributed by atoms with E-state index in [9.17, 15) is 0 Å². The molecule has 0 saturated carbocycles. The van der Waals surface area contributed by atoms with E-state index in [2.05, 4.69) is 35.2 Å². The molecule has 0 aliphatic carbocycles. The van der Waals surface area contributed by atoms with Gasteiger partial charge in [0, 0.05) is 38.4 Å². The Balaban J connectivity index is 1.87. The van der Waals surface area contributed by atoms with E-state index in [1.807, 2.05) is 6.07 Å². The van der Waals surface area contributed by atoms with Crippen LogP contribution in [0.15, 0.2) is 36.4 Å². The van der Waals surface area contributed by atoms with Crippen LogP contribution in [0, 0.1) is 0 Å². The van der Waals surface area contributed by atoms with E-state index < -0.39 is 7.32 Å². The van der Waals surface area contributed by atoms with Gasteiger partial charge in [-0.15, -0.1) is 0 Å². The number of nitrogens with zero attached hydrogens (tertiary/aromatic N) is 1. The van der Waals surface area contributed by atoms with Crippen LogP contribution in [0.25, 0.3) is 10.8 Å². The average molecular weight is 269 g/mol. The van der Waals surface area contributed by atoms with Gasteiger partial charge in [-0.05, 0) is 16.8 Å². The second kappa shape index (κ2) is 5.09. The van der Waals surface area contributed by atoms with Crippen LogP contribution in [0.2, 0.25) is 0 Å². The van der Waals surface area contributed by atoms with Gasteiger partial charge in [0.15, 0.2) is 0 Å². The molecule has 1 saturated heterocycles. The predicted octanol–water partition coefficient (Wildman–Crippen LogP) is 2.07. The highest BCUT2D eigenvalue weighted by Gasteiger charge is 2.30. The molecule has 3 aliphatic rings. The first-order valence-electron chi connectivity index (χ1n) is 7.03. The molecule has 3 aliphatic heterocycles. The second-order valence-corrected chi connectivity index (χ2v) is 5.19. The largest absolute Gasteiger partial charge is 0.713 e. The summed E-state index contributed by atoms with van der Waals surface area (Å²) in [4.78, 5) is 2.36. The fourth-order valence-electron chi connectivity index (χ4n) is 2.86. The standard InChI is InChI=1S/C15H16BNO3/c1-2-4-13-12(3-1)5-6-15-14(13)11-17-7-9-18-16(20-15)19-10-8-17/h1-6H,7-11H2. The van der Waals surface area contributed by atoms with E-state index in [1.54, 1.807) is 0 Å². The normalized spacial score (nSPS) is 19.7. The van der Waals surface area contributed by atoms with Gasteiger partial charge in [0.2, 0.25) is 0 Å². The third kappa shape index (κ3) is 2.18. The number of benzene rings is 2. The molecule has 3 heterocycles. The van der Waals surface area contributed by atoms with Crippen molar-refractivity contribution >= 4 is 18.1 Å². The van der Waals surface area contributed by atoms with Gasteiger partial charge in [-0.1, -0.05) is 30.3 Å². The van der Waals surface area contributed by atoms with Gasteiger partial charge < -0.3 is 14.0 Å². The summed E-state index contributed by atoms with van der Waals surface area (Å²) in [5, 5.41) is 2.49. The van der Waals surface area contributed by atoms with Crippen molar-refractivity contribution in [3.8, 4) is 5.75 Å². The van der Waals surface area contributed by atoms with Crippen LogP contribution in [0.3, 0.4) is 0 Å². The molecule has 1 fully saturated rings. The molecule has 2 aromatic carbocycles. The molecule has 0 aromatic heterocycles. The van der Waals surface area contributed by atoms with Crippen molar-refractivity contribution in [3.05, 3.63) is 42.0 Å². The minimum Gasteiger partial charge on any atom is -0.512 e. The van der Waals surface area contributed by atoms with Crippen molar-refractivity contribution in [3.63, 3.8) is 0 Å². The van der Waals surface area contributed by atoms with Crippen LogP contribution in [0.4, 0.5) is 0 Å². The summed E-state index contributed by atoms with van der Waals surface area (Å²) in [6.07, 6.45) is 0. The molecule has 0 spiro atoms. The third-order valence-electron chi connectivity index (χ3n) is 3.93. The first kappa shape index (κ1) is 12.2. The molecule has 20 heavy (non-hydrogen) atoms. The van der Waals surface area contributed by atoms with Crippen molar-refractivity contribution < 1.29 is 14.0 Å². The van der Waals surface area contributed by atoms with Gasteiger partial charge in [-0.25, -0.2) is 0 Å². The van der Waals surface area contributed by atoms with Crippen LogP contribution in [-0.4, -0.2) is 38.5 Å². The molecule has 5 heteroatoms. The maximum atomic E-state index is 5.92. The summed E-state index contributed by atoms with van der Waals surface area (Å²) in [7, 11) is -0.588. The summed E-state index contributed by atoms with van der Waals surface area (Å²) in [6.45, 7) is 3.96. The Hall–Kier alpha value is -1.56. The minimum atomic E-state index is -0.588. The molecular weight excluding hydrogens is 253 g/mol. The van der Waals surface area contributed by atoms with Crippen LogP contribution in [0.1, 0.15) is 5.56 Å². The van der Waals surface area contributed by atoms with Crippen molar-refractivity contribution in [2.75, 3.05) is 26.3 Å². The summed E-state index contributed by atoms with van der Waals surface area (Å²) in [5.41, 5.74) is 1.23. The monoisotopic (exact) mass is 269 g/mol. The Morgan fingerprint density at radius 3 is 2.60 bits per heavy atom. The van der Waals surface area contributed by atoms with Gasteiger partial charge in [0.05, 0.1) is 0 Å². The number of rotatable bonds is 0. The molecule has 0 N–H and O–H groups in total. The maximum Gasteiger partial charge on any atom is 0.713 e. The van der Waals surface area contributed by atoms with E-state index in [0.29, 0.717) is 13.2 Å². The average Bonchev–Trinajstić information content (AvgIpc) is 2.59. The summed E-state index contributed by atoms with van der Waals surface area (Å²) in [5.74, 6) is 0.863. The van der Waals surface area contributed by atoms with Gasteiger partial charge in [0.25, 0.3) is 0 Å². The van der Waals surface area contributed by atoms with E-state index in [0.717, 1.165) is 25.4 Å². The molecule has 0 unspecified atom stereocenters. The lowest BCUT2D eigenvalue weighted by molar-refractivity contribution is 0.0829. The molecule has 4 nitrogen and oxygen atoms in total. The van der Waals surface area contributed by atoms with Crippen LogP contribution < -0.4 is 4.65 Å². The molecule has 0 amide bonds. The topological polar surface area (TPSA) is 30.9 Å². The first-order valence-corrected chi connectivity index (χ1v) is 7.03. The van der Waals surface area contributed by atoms with Gasteiger partial charge in [0.1, 0.15) is 5.75 Å². The second-order valence-electron chi connectivity index (χ2n) is 5.19. The van der Waals surface area contributed by atoms with E-state index >= 15 is 0 Å². The zero-order valence-electron chi connectivity index (χ0n) is 11.2. The lowest BCUT2D eigenvalue weighted by atomic mass is 10.0. The minimum absolute atomic E-state index is 0.588. The Labute approximate surface area is 118 Å². The van der Waals surface area contributed by atoms with Crippen molar-refractivity contribution in [1.82, 2.24) is 4.90 Å². The lowest BCUT2D eigenvalue weighted by Crippen LogP contribution is -2.39. The SMILES string of the molecule is c1ccc2c3c(ccc2c1)OB1OCCN(CCO1)C3. The summed E-state index contributed by atoms with van der Waals surface area (Å²) >= 11 is 0. The molecule has 5 rings (SSSR count). The van der Waals surface area contributed by atoms with Crippen molar-refractivity contribution in [2.45, 2.75) is 6.54 Å². The predicted molar refractivity (Wildman–Crippen MR) is 77.5 cm³/mol. The fraction of sp³-hybridized carbons (Fsp3) is 0.333. The smallest absolute Gasteiger partial charge is 0.512 e. The van der Waals surface area contributed by atoms with E-state index in [4.69, 9.17) is 14.0 Å². The fourth-order valence-corrected chi connectivity index (χ4v) is 2.86. The van der Waals surface area contributed by atoms with Crippen LogP contribution in [0.5, 0.6) is 5.75 Å². The Kier molecular flexibility index (Phi) is 3.11. The van der Waals surface area contributed by atoms with Gasteiger partial charge >= 0.3 is 7.32 Å².